The lowest BCUT2D eigenvalue weighted by molar-refractivity contribution is -0.148. The first kappa shape index (κ1) is 43.1. The van der Waals surface area contributed by atoms with Crippen LogP contribution in [0.3, 0.4) is 0 Å². The van der Waals surface area contributed by atoms with E-state index in [1.54, 1.807) is 27.7 Å². The molecule has 0 heterocycles. The van der Waals surface area contributed by atoms with Crippen LogP contribution in [0.25, 0.3) is 5.70 Å². The smallest absolute Gasteiger partial charge is 0.317 e. The largest absolute Gasteiger partial charge is 0.504 e. The van der Waals surface area contributed by atoms with Crippen LogP contribution in [-0.2, 0) is 25.5 Å². The van der Waals surface area contributed by atoms with Crippen molar-refractivity contribution in [1.29, 1.82) is 0 Å². The maximum Gasteiger partial charge on any atom is 0.317 e. The lowest BCUT2D eigenvalue weighted by Crippen LogP contribution is -2.66. The van der Waals surface area contributed by atoms with E-state index in [1.807, 2.05) is 30.3 Å². The number of aliphatic hydroxyl groups is 1. The molecule has 0 unspecified atom stereocenters. The van der Waals surface area contributed by atoms with Gasteiger partial charge >= 0.3 is 12.1 Å². The molecule has 0 saturated heterocycles. The molecule has 0 aliphatic heterocycles. The third kappa shape index (κ3) is 13.6. The lowest BCUT2D eigenvalue weighted by atomic mass is 9.97. The highest BCUT2D eigenvalue weighted by atomic mass is 16.5. The number of hydrogen-bond donors (Lipinski definition) is 9. The van der Waals surface area contributed by atoms with Crippen LogP contribution in [0.2, 0.25) is 0 Å². The molecule has 2 aromatic rings. The second kappa shape index (κ2) is 21.3. The van der Waals surface area contributed by atoms with Crippen LogP contribution in [0.4, 0.5) is 9.59 Å². The minimum absolute atomic E-state index is 0.121. The van der Waals surface area contributed by atoms with Crippen molar-refractivity contribution >= 4 is 29.6 Å². The summed E-state index contributed by atoms with van der Waals surface area (Å²) in [6, 6.07) is 10.3. The van der Waals surface area contributed by atoms with Gasteiger partial charge in [0.2, 0.25) is 5.72 Å². The topological polar surface area (TPSA) is 223 Å². The number of hydrogen-bond acceptors (Lipinski definition) is 10. The number of aryl methyl sites for hydroxylation is 1. The van der Waals surface area contributed by atoms with Crippen LogP contribution in [0.5, 0.6) is 11.5 Å². The van der Waals surface area contributed by atoms with Gasteiger partial charge in [0.05, 0.1) is 25.5 Å². The quantitative estimate of drug-likeness (QED) is 0.0392. The number of carbonyl (C=O) groups is 4. The summed E-state index contributed by atoms with van der Waals surface area (Å²) < 4.78 is 9.92. The third-order valence-corrected chi connectivity index (χ3v) is 8.15. The Morgan fingerprint density at radius 2 is 1.48 bits per heavy atom. The fourth-order valence-corrected chi connectivity index (χ4v) is 4.94. The third-order valence-electron chi connectivity index (χ3n) is 8.15. The zero-order valence-corrected chi connectivity index (χ0v) is 30.8. The molecule has 2 rings (SSSR count). The van der Waals surface area contributed by atoms with E-state index in [-0.39, 0.29) is 50.2 Å². The summed E-state index contributed by atoms with van der Waals surface area (Å²) >= 11 is 0. The van der Waals surface area contributed by atoms with Gasteiger partial charge in [-0.3, -0.25) is 20.0 Å². The zero-order valence-electron chi connectivity index (χ0n) is 30.8. The predicted molar refractivity (Wildman–Crippen MR) is 196 cm³/mol. The molecule has 52 heavy (non-hydrogen) atoms. The number of urea groups is 2. The lowest BCUT2D eigenvalue weighted by Gasteiger charge is -2.36. The van der Waals surface area contributed by atoms with Crippen LogP contribution in [-0.4, -0.2) is 109 Å². The Morgan fingerprint density at radius 1 is 0.865 bits per heavy atom. The van der Waals surface area contributed by atoms with Gasteiger partial charge in [0.15, 0.2) is 11.5 Å². The first-order chi connectivity index (χ1) is 24.6. The number of carbonyl (C=O) groups excluding carboxylic acids is 4. The van der Waals surface area contributed by atoms with Gasteiger partial charge in [0.1, 0.15) is 6.04 Å². The van der Waals surface area contributed by atoms with E-state index in [1.165, 1.54) is 37.4 Å². The number of benzene rings is 2. The number of nitrogens with one attached hydrogen (secondary N) is 6. The maximum absolute atomic E-state index is 13.9. The number of aromatic hydroxyl groups is 2. The highest BCUT2D eigenvalue weighted by Gasteiger charge is 2.42. The van der Waals surface area contributed by atoms with Gasteiger partial charge in [-0.1, -0.05) is 64.6 Å². The molecule has 0 bridgehead atoms. The highest BCUT2D eigenvalue weighted by Crippen LogP contribution is 2.29. The van der Waals surface area contributed by atoms with Gasteiger partial charge < -0.3 is 51.4 Å². The number of methoxy groups -OCH3 is 2. The summed E-state index contributed by atoms with van der Waals surface area (Å²) in [5.41, 5.74) is 1.92. The van der Waals surface area contributed by atoms with Crippen molar-refractivity contribution in [3.8, 4) is 11.5 Å². The average Bonchev–Trinajstić information content (AvgIpc) is 3.10. The average molecular weight is 730 g/mol. The summed E-state index contributed by atoms with van der Waals surface area (Å²) in [5.74, 6) is -3.43. The molecule has 3 atom stereocenters. The number of amides is 6. The van der Waals surface area contributed by atoms with Crippen LogP contribution < -0.4 is 32.0 Å². The molecule has 16 nitrogen and oxygen atoms in total. The summed E-state index contributed by atoms with van der Waals surface area (Å²) in [4.78, 5) is 53.0. The molecule has 9 N–H and O–H groups in total. The molecule has 16 heteroatoms. The molecule has 0 spiro atoms. The maximum atomic E-state index is 13.9. The number of rotatable bonds is 21. The van der Waals surface area contributed by atoms with E-state index < -0.39 is 53.4 Å². The van der Waals surface area contributed by atoms with Gasteiger partial charge in [-0.2, -0.15) is 0 Å². The Balaban J connectivity index is 2.49. The van der Waals surface area contributed by atoms with E-state index in [0.717, 1.165) is 5.56 Å². The minimum Gasteiger partial charge on any atom is -0.504 e. The molecule has 0 aliphatic carbocycles. The first-order valence-electron chi connectivity index (χ1n) is 17.1. The highest BCUT2D eigenvalue weighted by molar-refractivity contribution is 5.90. The Hall–Kier alpha value is -5.06. The fraction of sp³-hybridized carbons (Fsp3) is 0.500. The van der Waals surface area contributed by atoms with Gasteiger partial charge in [-0.25, -0.2) is 9.59 Å². The van der Waals surface area contributed by atoms with E-state index in [0.29, 0.717) is 18.4 Å². The molecule has 0 saturated carbocycles. The van der Waals surface area contributed by atoms with Crippen molar-refractivity contribution in [3.63, 3.8) is 0 Å². The molecular weight excluding hydrogens is 674 g/mol. The first-order valence-corrected chi connectivity index (χ1v) is 17.1. The Kier molecular flexibility index (Phi) is 17.7. The fourth-order valence-electron chi connectivity index (χ4n) is 4.94. The summed E-state index contributed by atoms with van der Waals surface area (Å²) in [6.07, 6.45) is 0.779. The van der Waals surface area contributed by atoms with E-state index >= 15 is 0 Å². The molecular formula is C36H55N7O9. The van der Waals surface area contributed by atoms with Crippen molar-refractivity contribution in [3.05, 3.63) is 66.2 Å². The second-order valence-corrected chi connectivity index (χ2v) is 12.8. The molecule has 6 amide bonds. The van der Waals surface area contributed by atoms with Crippen molar-refractivity contribution in [2.75, 3.05) is 47.1 Å². The van der Waals surface area contributed by atoms with E-state index in [2.05, 4.69) is 38.6 Å². The van der Waals surface area contributed by atoms with Crippen LogP contribution in [0.15, 0.2) is 55.1 Å². The number of phenolic OH excluding ortho intramolecular Hbond substituents is 2. The number of nitrogens with zero attached hydrogens (tertiary/aromatic N) is 1. The molecule has 2 aromatic carbocycles. The normalized spacial score (nSPS) is 13.3. The molecule has 288 valence electrons. The minimum atomic E-state index is -2.33. The van der Waals surface area contributed by atoms with Gasteiger partial charge in [-0.05, 0) is 42.5 Å². The SMILES string of the molecule is C=C(c1ccc(O)c(O)c1)N(C[C@H](CCc1ccccc1)NC(=O)[C@@](O)(NC(=O)NCCOC)C(C)C)NC(=O)[C@@H](NC(=O)NCCOC)C(C)C. The van der Waals surface area contributed by atoms with E-state index in [9.17, 15) is 34.5 Å². The molecule has 0 fully saturated rings. The molecule has 0 radical (unpaired) electrons. The van der Waals surface area contributed by atoms with Crippen LogP contribution in [0.1, 0.15) is 45.2 Å². The second-order valence-electron chi connectivity index (χ2n) is 12.8. The summed E-state index contributed by atoms with van der Waals surface area (Å²) in [6.45, 7) is 11.5. The van der Waals surface area contributed by atoms with Gasteiger partial charge in [-0.15, -0.1) is 0 Å². The predicted octanol–water partition coefficient (Wildman–Crippen LogP) is 1.78. The van der Waals surface area contributed by atoms with Gasteiger partial charge in [0, 0.05) is 44.8 Å². The number of phenols is 2. The monoisotopic (exact) mass is 729 g/mol. The standard InChI is InChI=1S/C36H55N7O9/c1-23(2)31(40-34(48)37-17-19-51-6)32(46)42-43(25(5)27-14-16-29(44)30(45)21-27)22-28(15-13-26-11-9-8-10-12-26)39-33(47)36(50,24(3)4)41-35(49)38-18-20-52-7/h8-12,14,16,21,23-24,28,31,44-45,50H,5,13,15,17-20,22H2,1-4,6-7H3,(H,39,47)(H,42,46)(H2,37,40,48)(H2,38,41,49)/t28-,31-,36+/m0/s1. The van der Waals surface area contributed by atoms with E-state index in [4.69, 9.17) is 9.47 Å². The summed E-state index contributed by atoms with van der Waals surface area (Å²) in [5, 5.41) is 46.1. The van der Waals surface area contributed by atoms with Crippen LogP contribution >= 0.6 is 0 Å². The van der Waals surface area contributed by atoms with Crippen LogP contribution in [0, 0.1) is 11.8 Å². The Labute approximate surface area is 305 Å². The zero-order chi connectivity index (χ0) is 38.8. The Morgan fingerprint density at radius 3 is 2.04 bits per heavy atom. The molecule has 0 aromatic heterocycles. The number of ether oxygens (including phenoxy) is 2. The van der Waals surface area contributed by atoms with Crippen molar-refractivity contribution in [2.45, 2.75) is 58.3 Å². The van der Waals surface area contributed by atoms with Crippen molar-refractivity contribution < 1.29 is 44.0 Å². The van der Waals surface area contributed by atoms with Crippen molar-refractivity contribution in [1.82, 2.24) is 37.0 Å². The van der Waals surface area contributed by atoms with Gasteiger partial charge in [0.25, 0.3) is 11.8 Å². The molecule has 0 aliphatic rings. The number of hydrazine groups is 1. The summed E-state index contributed by atoms with van der Waals surface area (Å²) in [7, 11) is 2.97. The Bertz CT molecular complexity index is 1480. The van der Waals surface area contributed by atoms with Crippen molar-refractivity contribution in [2.24, 2.45) is 11.8 Å².